The first kappa shape index (κ1) is 32.0. The van der Waals surface area contributed by atoms with Crippen molar-refractivity contribution in [3.05, 3.63) is 173 Å². The van der Waals surface area contributed by atoms with Crippen molar-refractivity contribution in [2.24, 2.45) is 0 Å². The SMILES string of the molecule is C#CCN([C@@H](Cc1ccccc1)[C@](C#Cc1ccccc1)(OC(=O)c1ccccc1)c1ccccc1)S(=O)(=O)c1ccc(C)cc1. The minimum absolute atomic E-state index is 0.0683. The fourth-order valence-electron chi connectivity index (χ4n) is 5.24. The predicted octanol–water partition coefficient (Wildman–Crippen LogP) is 7.03. The molecule has 0 N–H and O–H groups in total. The molecular formula is C40H33NO4S. The molecule has 2 atom stereocenters. The van der Waals surface area contributed by atoms with Gasteiger partial charge in [-0.15, -0.1) is 6.42 Å². The summed E-state index contributed by atoms with van der Waals surface area (Å²) in [7, 11) is -4.24. The van der Waals surface area contributed by atoms with Crippen molar-refractivity contribution in [2.75, 3.05) is 6.54 Å². The lowest BCUT2D eigenvalue weighted by molar-refractivity contribution is -0.0230. The molecule has 0 spiro atoms. The van der Waals surface area contributed by atoms with Gasteiger partial charge in [-0.2, -0.15) is 4.31 Å². The molecule has 5 nitrogen and oxygen atoms in total. The molecule has 0 unspecified atom stereocenters. The Labute approximate surface area is 271 Å². The smallest absolute Gasteiger partial charge is 0.339 e. The number of esters is 1. The van der Waals surface area contributed by atoms with Crippen LogP contribution in [0.5, 0.6) is 0 Å². The van der Waals surface area contributed by atoms with Gasteiger partial charge in [0.15, 0.2) is 0 Å². The maximum absolute atomic E-state index is 14.6. The summed E-state index contributed by atoms with van der Waals surface area (Å²) in [5.41, 5.74) is 1.38. The van der Waals surface area contributed by atoms with Gasteiger partial charge in [0.2, 0.25) is 15.6 Å². The summed E-state index contributed by atoms with van der Waals surface area (Å²) >= 11 is 0. The van der Waals surface area contributed by atoms with Crippen LogP contribution in [-0.2, 0) is 26.8 Å². The monoisotopic (exact) mass is 623 g/mol. The van der Waals surface area contributed by atoms with Gasteiger partial charge >= 0.3 is 5.97 Å². The van der Waals surface area contributed by atoms with E-state index in [1.54, 1.807) is 66.7 Å². The molecule has 0 amide bonds. The van der Waals surface area contributed by atoms with E-state index in [1.165, 1.54) is 4.31 Å². The molecule has 0 bridgehead atoms. The second kappa shape index (κ2) is 14.6. The average molecular weight is 624 g/mol. The lowest BCUT2D eigenvalue weighted by Crippen LogP contribution is -2.55. The molecule has 46 heavy (non-hydrogen) atoms. The van der Waals surface area contributed by atoms with Crippen molar-refractivity contribution in [1.29, 1.82) is 0 Å². The Balaban J connectivity index is 1.83. The van der Waals surface area contributed by atoms with Crippen LogP contribution in [-0.4, -0.2) is 31.3 Å². The summed E-state index contributed by atoms with van der Waals surface area (Å²) in [4.78, 5) is 14.1. The van der Waals surface area contributed by atoms with Crippen LogP contribution in [0.15, 0.2) is 150 Å². The van der Waals surface area contributed by atoms with Crippen molar-refractivity contribution in [1.82, 2.24) is 4.31 Å². The van der Waals surface area contributed by atoms with E-state index in [9.17, 15) is 13.2 Å². The van der Waals surface area contributed by atoms with Gasteiger partial charge in [0.05, 0.1) is 23.0 Å². The molecule has 0 heterocycles. The maximum Gasteiger partial charge on any atom is 0.339 e. The molecule has 0 aromatic heterocycles. The van der Waals surface area contributed by atoms with Crippen LogP contribution in [0.2, 0.25) is 0 Å². The molecule has 5 aromatic carbocycles. The zero-order chi connectivity index (χ0) is 32.4. The third-order valence-corrected chi connectivity index (χ3v) is 9.46. The zero-order valence-electron chi connectivity index (χ0n) is 25.4. The summed E-state index contributed by atoms with van der Waals surface area (Å²) < 4.78 is 37.0. The van der Waals surface area contributed by atoms with E-state index < -0.39 is 27.6 Å². The number of rotatable bonds is 10. The van der Waals surface area contributed by atoms with Crippen LogP contribution in [0.4, 0.5) is 0 Å². The van der Waals surface area contributed by atoms with Gasteiger partial charge in [-0.3, -0.25) is 0 Å². The lowest BCUT2D eigenvalue weighted by atomic mass is 9.82. The molecule has 0 fully saturated rings. The number of hydrogen-bond acceptors (Lipinski definition) is 4. The van der Waals surface area contributed by atoms with Gasteiger partial charge in [-0.05, 0) is 61.2 Å². The minimum atomic E-state index is -4.24. The van der Waals surface area contributed by atoms with E-state index in [1.807, 2.05) is 85.8 Å². The van der Waals surface area contributed by atoms with Crippen LogP contribution >= 0.6 is 0 Å². The first-order valence-electron chi connectivity index (χ1n) is 14.8. The van der Waals surface area contributed by atoms with Crippen LogP contribution in [0.25, 0.3) is 0 Å². The number of ether oxygens (including phenoxy) is 1. The molecule has 0 aliphatic carbocycles. The van der Waals surface area contributed by atoms with Crippen LogP contribution in [0, 0.1) is 31.1 Å². The number of benzene rings is 5. The van der Waals surface area contributed by atoms with E-state index in [0.717, 1.165) is 11.1 Å². The zero-order valence-corrected chi connectivity index (χ0v) is 26.2. The summed E-state index contributed by atoms with van der Waals surface area (Å²) in [6, 6.07) is 41.9. The highest BCUT2D eigenvalue weighted by atomic mass is 32.2. The number of aryl methyl sites for hydroxylation is 1. The first-order valence-corrected chi connectivity index (χ1v) is 16.3. The van der Waals surface area contributed by atoms with E-state index in [0.29, 0.717) is 16.7 Å². The van der Waals surface area contributed by atoms with E-state index >= 15 is 0 Å². The predicted molar refractivity (Wildman–Crippen MR) is 181 cm³/mol. The molecule has 5 aromatic rings. The van der Waals surface area contributed by atoms with Crippen molar-refractivity contribution in [3.63, 3.8) is 0 Å². The quantitative estimate of drug-likeness (QED) is 0.124. The van der Waals surface area contributed by atoms with Gasteiger partial charge in [0, 0.05) is 11.1 Å². The topological polar surface area (TPSA) is 63.7 Å². The van der Waals surface area contributed by atoms with Crippen molar-refractivity contribution in [2.45, 2.75) is 29.9 Å². The van der Waals surface area contributed by atoms with Crippen LogP contribution in [0.1, 0.15) is 32.6 Å². The molecule has 228 valence electrons. The van der Waals surface area contributed by atoms with E-state index in [4.69, 9.17) is 11.2 Å². The molecule has 0 radical (unpaired) electrons. The minimum Gasteiger partial charge on any atom is -0.436 e. The van der Waals surface area contributed by atoms with Gasteiger partial charge in [0.25, 0.3) is 0 Å². The number of terminal acetylenes is 1. The Morgan fingerprint density at radius 1 is 0.783 bits per heavy atom. The number of carbonyl (C=O) groups is 1. The normalized spacial score (nSPS) is 13.0. The van der Waals surface area contributed by atoms with Crippen LogP contribution < -0.4 is 0 Å². The Bertz CT molecular complexity index is 1960. The third-order valence-electron chi connectivity index (χ3n) is 7.60. The largest absolute Gasteiger partial charge is 0.436 e. The maximum atomic E-state index is 14.6. The first-order chi connectivity index (χ1) is 22.3. The third kappa shape index (κ3) is 7.28. The van der Waals surface area contributed by atoms with E-state index in [-0.39, 0.29) is 17.9 Å². The molecule has 0 saturated carbocycles. The Morgan fingerprint density at radius 2 is 1.33 bits per heavy atom. The van der Waals surface area contributed by atoms with Crippen molar-refractivity contribution in [3.8, 4) is 24.2 Å². The molecule has 5 rings (SSSR count). The summed E-state index contributed by atoms with van der Waals surface area (Å²) in [6.45, 7) is 1.59. The molecule has 0 saturated heterocycles. The van der Waals surface area contributed by atoms with Crippen molar-refractivity contribution < 1.29 is 17.9 Å². The molecular weight excluding hydrogens is 591 g/mol. The lowest BCUT2D eigenvalue weighted by Gasteiger charge is -2.41. The highest BCUT2D eigenvalue weighted by Gasteiger charge is 2.50. The van der Waals surface area contributed by atoms with Gasteiger partial charge in [0.1, 0.15) is 0 Å². The number of nitrogens with zero attached hydrogens (tertiary/aromatic N) is 1. The van der Waals surface area contributed by atoms with Crippen LogP contribution in [0.3, 0.4) is 0 Å². The molecule has 6 heteroatoms. The number of hydrogen-bond donors (Lipinski definition) is 0. The molecule has 0 aliphatic heterocycles. The fraction of sp³-hybridized carbons (Fsp3) is 0.125. The van der Waals surface area contributed by atoms with Gasteiger partial charge in [-0.1, -0.05) is 127 Å². The second-order valence-corrected chi connectivity index (χ2v) is 12.6. The van der Waals surface area contributed by atoms with Gasteiger partial charge < -0.3 is 4.74 Å². The van der Waals surface area contributed by atoms with Crippen molar-refractivity contribution >= 4 is 16.0 Å². The highest BCUT2D eigenvalue weighted by molar-refractivity contribution is 7.89. The Kier molecular flexibility index (Phi) is 10.1. The van der Waals surface area contributed by atoms with Gasteiger partial charge in [-0.25, -0.2) is 13.2 Å². The number of carbonyl (C=O) groups excluding carboxylic acids is 1. The fourth-order valence-corrected chi connectivity index (χ4v) is 6.79. The Hall–Kier alpha value is -5.40. The average Bonchev–Trinajstić information content (AvgIpc) is 3.10. The summed E-state index contributed by atoms with van der Waals surface area (Å²) in [5, 5.41) is 0. The standard InChI is InChI=1S/C40H33NO4S/c1-3-30-41(46(43,44)37-26-24-32(2)25-27-37)38(31-34-18-10-5-11-19-34)40(36-22-14-7-15-23-36,29-28-33-16-8-4-9-17-33)45-39(42)35-20-12-6-13-21-35/h1,4-27,38H,30-31H2,2H3/t38-,40+/m0/s1. The highest BCUT2D eigenvalue weighted by Crippen LogP contribution is 2.38. The second-order valence-electron chi connectivity index (χ2n) is 10.7. The summed E-state index contributed by atoms with van der Waals surface area (Å²) in [5.74, 6) is 8.40. The Morgan fingerprint density at radius 3 is 1.91 bits per heavy atom. The number of sulfonamides is 1. The molecule has 0 aliphatic rings. The summed E-state index contributed by atoms with van der Waals surface area (Å²) in [6.07, 6.45) is 6.03. The van der Waals surface area contributed by atoms with E-state index in [2.05, 4.69) is 17.8 Å².